The molecule has 2 heterocycles. The average Bonchev–Trinajstić information content (AvgIpc) is 2.84. The highest BCUT2D eigenvalue weighted by Gasteiger charge is 2.29. The SMILES string of the molecule is O=S(=O)(c1ccc(Cl)cc1)c1cnc2ccccc2c1N1CCN(c2ccccc2F)CC1. The summed E-state index contributed by atoms with van der Waals surface area (Å²) in [7, 11) is -3.84. The molecule has 1 fully saturated rings. The van der Waals surface area contributed by atoms with Gasteiger partial charge in [0.2, 0.25) is 9.84 Å². The third kappa shape index (κ3) is 4.03. The van der Waals surface area contributed by atoms with E-state index in [1.807, 2.05) is 35.2 Å². The van der Waals surface area contributed by atoms with E-state index in [9.17, 15) is 12.8 Å². The third-order valence-electron chi connectivity index (χ3n) is 5.92. The van der Waals surface area contributed by atoms with Crippen molar-refractivity contribution in [3.8, 4) is 0 Å². The van der Waals surface area contributed by atoms with Gasteiger partial charge in [0.15, 0.2) is 0 Å². The molecule has 168 valence electrons. The second-order valence-corrected chi connectivity index (χ2v) is 10.2. The van der Waals surface area contributed by atoms with Gasteiger partial charge in [0.25, 0.3) is 0 Å². The second-order valence-electron chi connectivity index (χ2n) is 7.87. The zero-order valence-corrected chi connectivity index (χ0v) is 19.2. The normalized spacial score (nSPS) is 14.6. The Morgan fingerprint density at radius 1 is 0.818 bits per heavy atom. The fraction of sp³-hybridized carbons (Fsp3) is 0.160. The van der Waals surface area contributed by atoms with Crippen molar-refractivity contribution in [1.29, 1.82) is 0 Å². The molecule has 3 aromatic carbocycles. The number of hydrogen-bond acceptors (Lipinski definition) is 5. The molecule has 33 heavy (non-hydrogen) atoms. The van der Waals surface area contributed by atoms with Gasteiger partial charge in [-0.05, 0) is 42.5 Å². The molecule has 1 aliphatic heterocycles. The zero-order chi connectivity index (χ0) is 23.0. The predicted molar refractivity (Wildman–Crippen MR) is 129 cm³/mol. The minimum Gasteiger partial charge on any atom is -0.366 e. The Bertz CT molecular complexity index is 1420. The summed E-state index contributed by atoms with van der Waals surface area (Å²) in [5, 5.41) is 1.24. The monoisotopic (exact) mass is 481 g/mol. The zero-order valence-electron chi connectivity index (χ0n) is 17.7. The molecule has 0 spiro atoms. The van der Waals surface area contributed by atoms with Crippen LogP contribution in [0.1, 0.15) is 0 Å². The molecule has 4 aromatic rings. The van der Waals surface area contributed by atoms with E-state index >= 15 is 0 Å². The van der Waals surface area contributed by atoms with Crippen LogP contribution in [0.4, 0.5) is 15.8 Å². The number of benzene rings is 3. The molecule has 8 heteroatoms. The molecule has 0 N–H and O–H groups in total. The summed E-state index contributed by atoms with van der Waals surface area (Å²) >= 11 is 5.97. The molecule has 0 saturated carbocycles. The molecule has 0 aliphatic carbocycles. The van der Waals surface area contributed by atoms with E-state index < -0.39 is 9.84 Å². The maximum atomic E-state index is 14.3. The molecule has 0 bridgehead atoms. The molecule has 5 nitrogen and oxygen atoms in total. The molecule has 0 radical (unpaired) electrons. The average molecular weight is 482 g/mol. The molecule has 5 rings (SSSR count). The van der Waals surface area contributed by atoms with E-state index in [1.165, 1.54) is 24.4 Å². The van der Waals surface area contributed by atoms with Crippen LogP contribution in [0.15, 0.2) is 88.8 Å². The molecule has 1 aliphatic rings. The van der Waals surface area contributed by atoms with Crippen molar-refractivity contribution >= 4 is 43.7 Å². The number of piperazine rings is 1. The van der Waals surface area contributed by atoms with E-state index in [0.29, 0.717) is 42.6 Å². The third-order valence-corrected chi connectivity index (χ3v) is 7.94. The number of nitrogens with zero attached hydrogens (tertiary/aromatic N) is 3. The molecular formula is C25H21ClFN3O2S. The van der Waals surface area contributed by atoms with Gasteiger partial charge in [-0.2, -0.15) is 0 Å². The maximum Gasteiger partial charge on any atom is 0.210 e. The first kappa shape index (κ1) is 21.7. The Hall–Kier alpha value is -3.16. The fourth-order valence-corrected chi connectivity index (χ4v) is 5.81. The Morgan fingerprint density at radius 3 is 2.18 bits per heavy atom. The number of sulfone groups is 1. The van der Waals surface area contributed by atoms with Gasteiger partial charge in [0.05, 0.1) is 21.8 Å². The Balaban J connectivity index is 1.56. The lowest BCUT2D eigenvalue weighted by atomic mass is 10.1. The first-order valence-electron chi connectivity index (χ1n) is 10.6. The molecule has 0 unspecified atom stereocenters. The lowest BCUT2D eigenvalue weighted by Gasteiger charge is -2.38. The summed E-state index contributed by atoms with van der Waals surface area (Å²) in [6.45, 7) is 2.23. The Morgan fingerprint density at radius 2 is 1.45 bits per heavy atom. The van der Waals surface area contributed by atoms with Crippen LogP contribution >= 0.6 is 11.6 Å². The predicted octanol–water partition coefficient (Wildman–Crippen LogP) is 5.19. The van der Waals surface area contributed by atoms with Gasteiger partial charge in [-0.25, -0.2) is 12.8 Å². The van der Waals surface area contributed by atoms with E-state index in [0.717, 1.165) is 10.9 Å². The number of pyridine rings is 1. The van der Waals surface area contributed by atoms with Crippen molar-refractivity contribution in [3.05, 3.63) is 89.8 Å². The highest BCUT2D eigenvalue weighted by atomic mass is 35.5. The van der Waals surface area contributed by atoms with E-state index in [-0.39, 0.29) is 15.6 Å². The largest absolute Gasteiger partial charge is 0.366 e. The second kappa shape index (κ2) is 8.65. The van der Waals surface area contributed by atoms with Gasteiger partial charge in [-0.3, -0.25) is 4.98 Å². The summed E-state index contributed by atoms with van der Waals surface area (Å²) in [5.74, 6) is -0.258. The fourth-order valence-electron chi connectivity index (χ4n) is 4.25. The highest BCUT2D eigenvalue weighted by molar-refractivity contribution is 7.91. The topological polar surface area (TPSA) is 53.5 Å². The molecule has 1 aromatic heterocycles. The molecule has 0 amide bonds. The van der Waals surface area contributed by atoms with Gasteiger partial charge in [0.1, 0.15) is 10.7 Å². The number of halogens is 2. The molecule has 0 atom stereocenters. The van der Waals surface area contributed by atoms with Crippen molar-refractivity contribution in [2.75, 3.05) is 36.0 Å². The van der Waals surface area contributed by atoms with Crippen LogP contribution in [-0.2, 0) is 9.84 Å². The lowest BCUT2D eigenvalue weighted by molar-refractivity contribution is 0.590. The first-order valence-corrected chi connectivity index (χ1v) is 12.4. The number of hydrogen-bond donors (Lipinski definition) is 0. The van der Waals surface area contributed by atoms with Crippen LogP contribution in [0.2, 0.25) is 5.02 Å². The number of fused-ring (bicyclic) bond motifs is 1. The quantitative estimate of drug-likeness (QED) is 0.401. The maximum absolute atomic E-state index is 14.3. The smallest absolute Gasteiger partial charge is 0.210 e. The Labute approximate surface area is 197 Å². The summed E-state index contributed by atoms with van der Waals surface area (Å²) in [4.78, 5) is 8.79. The first-order chi connectivity index (χ1) is 15.9. The summed E-state index contributed by atoms with van der Waals surface area (Å²) in [5.41, 5.74) is 1.91. The Kier molecular flexibility index (Phi) is 5.68. The van der Waals surface area contributed by atoms with E-state index in [4.69, 9.17) is 11.6 Å². The highest BCUT2D eigenvalue weighted by Crippen LogP contribution is 2.37. The van der Waals surface area contributed by atoms with Crippen LogP contribution in [0.3, 0.4) is 0 Å². The standard InChI is InChI=1S/C25H21ClFN3O2S/c26-18-9-11-19(12-10-18)33(31,32)24-17-28-22-7-3-1-5-20(22)25(24)30-15-13-29(14-16-30)23-8-4-2-6-21(23)27/h1-12,17H,13-16H2. The van der Waals surface area contributed by atoms with Crippen molar-refractivity contribution in [1.82, 2.24) is 4.98 Å². The lowest BCUT2D eigenvalue weighted by Crippen LogP contribution is -2.47. The van der Waals surface area contributed by atoms with Crippen LogP contribution in [0.5, 0.6) is 0 Å². The number of rotatable bonds is 4. The number of para-hydroxylation sites is 2. The van der Waals surface area contributed by atoms with Gasteiger partial charge in [0, 0.05) is 42.8 Å². The van der Waals surface area contributed by atoms with Crippen molar-refractivity contribution in [2.45, 2.75) is 9.79 Å². The van der Waals surface area contributed by atoms with Crippen LogP contribution < -0.4 is 9.80 Å². The molecular weight excluding hydrogens is 461 g/mol. The van der Waals surface area contributed by atoms with Crippen molar-refractivity contribution < 1.29 is 12.8 Å². The van der Waals surface area contributed by atoms with Gasteiger partial charge in [-0.15, -0.1) is 0 Å². The van der Waals surface area contributed by atoms with Gasteiger partial charge in [-0.1, -0.05) is 41.9 Å². The van der Waals surface area contributed by atoms with Crippen LogP contribution in [-0.4, -0.2) is 39.6 Å². The summed E-state index contributed by atoms with van der Waals surface area (Å²) in [6.07, 6.45) is 1.44. The number of anilines is 2. The minimum atomic E-state index is -3.84. The summed E-state index contributed by atoms with van der Waals surface area (Å²) < 4.78 is 41.5. The van der Waals surface area contributed by atoms with Crippen LogP contribution in [0.25, 0.3) is 10.9 Å². The number of aromatic nitrogens is 1. The minimum absolute atomic E-state index is 0.155. The summed E-state index contributed by atoms with van der Waals surface area (Å²) in [6, 6.07) is 20.4. The van der Waals surface area contributed by atoms with Gasteiger partial charge >= 0.3 is 0 Å². The molecule has 1 saturated heterocycles. The van der Waals surface area contributed by atoms with Crippen LogP contribution in [0, 0.1) is 5.82 Å². The van der Waals surface area contributed by atoms with E-state index in [1.54, 1.807) is 24.3 Å². The van der Waals surface area contributed by atoms with Crippen molar-refractivity contribution in [3.63, 3.8) is 0 Å². The van der Waals surface area contributed by atoms with Crippen molar-refractivity contribution in [2.24, 2.45) is 0 Å². The van der Waals surface area contributed by atoms with E-state index in [2.05, 4.69) is 9.88 Å². The van der Waals surface area contributed by atoms with Gasteiger partial charge < -0.3 is 9.80 Å².